The van der Waals surface area contributed by atoms with Crippen LogP contribution in [0.1, 0.15) is 24.0 Å². The Morgan fingerprint density at radius 3 is 2.80 bits per heavy atom. The maximum atomic E-state index is 7.41. The first-order valence-electron chi connectivity index (χ1n) is 6.97. The van der Waals surface area contributed by atoms with Gasteiger partial charge in [-0.1, -0.05) is 12.1 Å². The van der Waals surface area contributed by atoms with Crippen LogP contribution in [0.5, 0.6) is 5.75 Å². The molecule has 1 aromatic rings. The molecule has 0 bridgehead atoms. The third kappa shape index (κ3) is 2.75. The van der Waals surface area contributed by atoms with Crippen LogP contribution in [0.3, 0.4) is 0 Å². The molecule has 0 amide bonds. The molecule has 104 valence electrons. The Hall–Kier alpha value is -2.07. The van der Waals surface area contributed by atoms with Crippen LogP contribution in [0.2, 0.25) is 0 Å². The number of allylic oxidation sites excluding steroid dienone is 3. The molecule has 4 heteroatoms. The van der Waals surface area contributed by atoms with Gasteiger partial charge < -0.3 is 15.8 Å². The number of fused-ring (bicyclic) bond motifs is 1. The van der Waals surface area contributed by atoms with E-state index in [9.17, 15) is 0 Å². The van der Waals surface area contributed by atoms with Gasteiger partial charge in [-0.05, 0) is 54.3 Å². The number of hydrogen-bond acceptors (Lipinski definition) is 3. The fourth-order valence-corrected chi connectivity index (χ4v) is 2.60. The molecular formula is C16H19N3O. The molecule has 0 spiro atoms. The number of benzene rings is 1. The summed E-state index contributed by atoms with van der Waals surface area (Å²) in [6.07, 6.45) is 6.42. The van der Waals surface area contributed by atoms with Crippen molar-refractivity contribution in [2.45, 2.75) is 25.8 Å². The van der Waals surface area contributed by atoms with Gasteiger partial charge in [0.25, 0.3) is 0 Å². The number of amidine groups is 1. The summed E-state index contributed by atoms with van der Waals surface area (Å²) in [7, 11) is 0. The van der Waals surface area contributed by atoms with Crippen molar-refractivity contribution in [2.75, 3.05) is 6.54 Å². The van der Waals surface area contributed by atoms with E-state index in [-0.39, 0.29) is 5.84 Å². The molecule has 0 aromatic heterocycles. The van der Waals surface area contributed by atoms with Crippen molar-refractivity contribution in [1.29, 1.82) is 5.41 Å². The van der Waals surface area contributed by atoms with Crippen LogP contribution in [0, 0.1) is 5.41 Å². The molecule has 2 aliphatic rings. The van der Waals surface area contributed by atoms with E-state index < -0.39 is 0 Å². The van der Waals surface area contributed by atoms with Gasteiger partial charge in [0.05, 0.1) is 0 Å². The lowest BCUT2D eigenvalue weighted by Crippen LogP contribution is -2.23. The highest BCUT2D eigenvalue weighted by Gasteiger charge is 2.12. The highest BCUT2D eigenvalue weighted by atomic mass is 16.5. The zero-order valence-corrected chi connectivity index (χ0v) is 11.4. The predicted molar refractivity (Wildman–Crippen MR) is 79.8 cm³/mol. The second kappa shape index (κ2) is 5.51. The second-order valence-corrected chi connectivity index (χ2v) is 5.20. The van der Waals surface area contributed by atoms with Gasteiger partial charge in [0.15, 0.2) is 0 Å². The van der Waals surface area contributed by atoms with E-state index in [1.165, 1.54) is 11.1 Å². The van der Waals surface area contributed by atoms with E-state index in [2.05, 4.69) is 17.4 Å². The third-order valence-corrected chi connectivity index (χ3v) is 3.77. The van der Waals surface area contributed by atoms with E-state index in [1.807, 2.05) is 18.2 Å². The molecule has 4 N–H and O–H groups in total. The molecule has 20 heavy (non-hydrogen) atoms. The molecule has 0 atom stereocenters. The first kappa shape index (κ1) is 12.9. The summed E-state index contributed by atoms with van der Waals surface area (Å²) in [5.74, 6) is 1.99. The van der Waals surface area contributed by atoms with Crippen LogP contribution in [0.25, 0.3) is 0 Å². The lowest BCUT2D eigenvalue weighted by Gasteiger charge is -2.19. The lowest BCUT2D eigenvalue weighted by molar-refractivity contribution is 0.401. The maximum Gasteiger partial charge on any atom is 0.127 e. The van der Waals surface area contributed by atoms with Crippen LogP contribution in [0.4, 0.5) is 0 Å². The zero-order valence-electron chi connectivity index (χ0n) is 11.4. The highest BCUT2D eigenvalue weighted by molar-refractivity contribution is 5.94. The van der Waals surface area contributed by atoms with E-state index in [1.54, 1.807) is 0 Å². The molecular weight excluding hydrogens is 250 g/mol. The van der Waals surface area contributed by atoms with Gasteiger partial charge in [-0.25, -0.2) is 0 Å². The van der Waals surface area contributed by atoms with Crippen molar-refractivity contribution >= 4 is 5.84 Å². The Labute approximate surface area is 118 Å². The third-order valence-electron chi connectivity index (χ3n) is 3.77. The summed E-state index contributed by atoms with van der Waals surface area (Å²) >= 11 is 0. The van der Waals surface area contributed by atoms with Gasteiger partial charge >= 0.3 is 0 Å². The Morgan fingerprint density at radius 2 is 2.05 bits per heavy atom. The largest absolute Gasteiger partial charge is 0.462 e. The zero-order chi connectivity index (χ0) is 13.9. The van der Waals surface area contributed by atoms with Crippen LogP contribution in [-0.4, -0.2) is 12.4 Å². The predicted octanol–water partition coefficient (Wildman–Crippen LogP) is 2.25. The second-order valence-electron chi connectivity index (χ2n) is 5.20. The summed E-state index contributed by atoms with van der Waals surface area (Å²) < 4.78 is 5.93. The SMILES string of the molecule is N=C(N)C1=CC=C(Oc2ccc3c(c2)CCNC3)CC1. The minimum Gasteiger partial charge on any atom is -0.462 e. The number of hydrogen-bond donors (Lipinski definition) is 3. The molecule has 1 aromatic carbocycles. The number of nitrogens with two attached hydrogens (primary N) is 1. The smallest absolute Gasteiger partial charge is 0.127 e. The lowest BCUT2D eigenvalue weighted by atomic mass is 10.0. The Balaban J connectivity index is 1.74. The van der Waals surface area contributed by atoms with Gasteiger partial charge in [-0.2, -0.15) is 0 Å². The van der Waals surface area contributed by atoms with Crippen molar-refractivity contribution in [3.63, 3.8) is 0 Å². The molecule has 1 aliphatic carbocycles. The summed E-state index contributed by atoms with van der Waals surface area (Å²) in [4.78, 5) is 0. The average molecular weight is 269 g/mol. The normalized spacial score (nSPS) is 17.8. The van der Waals surface area contributed by atoms with Crippen LogP contribution >= 0.6 is 0 Å². The van der Waals surface area contributed by atoms with Crippen molar-refractivity contribution < 1.29 is 4.74 Å². The Kier molecular flexibility index (Phi) is 3.56. The summed E-state index contributed by atoms with van der Waals surface area (Å²) in [5.41, 5.74) is 9.10. The van der Waals surface area contributed by atoms with Crippen LogP contribution < -0.4 is 15.8 Å². The fraction of sp³-hybridized carbons (Fsp3) is 0.312. The molecule has 1 aliphatic heterocycles. The van der Waals surface area contributed by atoms with Gasteiger partial charge in [-0.15, -0.1) is 0 Å². The highest BCUT2D eigenvalue weighted by Crippen LogP contribution is 2.25. The molecule has 0 fully saturated rings. The van der Waals surface area contributed by atoms with E-state index >= 15 is 0 Å². The van der Waals surface area contributed by atoms with Gasteiger partial charge in [0.1, 0.15) is 17.3 Å². The molecule has 3 rings (SSSR count). The molecule has 0 radical (unpaired) electrons. The quantitative estimate of drug-likeness (QED) is 0.582. The fourth-order valence-electron chi connectivity index (χ4n) is 2.60. The standard InChI is InChI=1S/C16H19N3O/c17-16(18)11-1-4-14(5-2-11)20-15-6-3-13-10-19-8-7-12(13)9-15/h1,3-4,6,9,19H,2,5,7-8,10H2,(H3,17,18). The summed E-state index contributed by atoms with van der Waals surface area (Å²) in [6, 6.07) is 6.30. The monoisotopic (exact) mass is 269 g/mol. The van der Waals surface area contributed by atoms with E-state index in [0.29, 0.717) is 0 Å². The van der Waals surface area contributed by atoms with Gasteiger partial charge in [-0.3, -0.25) is 5.41 Å². The van der Waals surface area contributed by atoms with Crippen molar-refractivity contribution in [3.05, 3.63) is 52.8 Å². The Morgan fingerprint density at radius 1 is 1.15 bits per heavy atom. The van der Waals surface area contributed by atoms with Crippen LogP contribution in [-0.2, 0) is 13.0 Å². The molecule has 0 unspecified atom stereocenters. The summed E-state index contributed by atoms with van der Waals surface area (Å²) in [6.45, 7) is 1.98. The van der Waals surface area contributed by atoms with Gasteiger partial charge in [0.2, 0.25) is 0 Å². The van der Waals surface area contributed by atoms with Gasteiger partial charge in [0, 0.05) is 13.0 Å². The first-order chi connectivity index (χ1) is 9.72. The minimum absolute atomic E-state index is 0.154. The number of rotatable bonds is 3. The van der Waals surface area contributed by atoms with Crippen LogP contribution in [0.15, 0.2) is 41.7 Å². The number of nitrogens with one attached hydrogen (secondary N) is 2. The molecule has 4 nitrogen and oxygen atoms in total. The van der Waals surface area contributed by atoms with Crippen molar-refractivity contribution in [3.8, 4) is 5.75 Å². The molecule has 0 saturated carbocycles. The average Bonchev–Trinajstić information content (AvgIpc) is 2.48. The summed E-state index contributed by atoms with van der Waals surface area (Å²) in [5, 5.41) is 10.8. The van der Waals surface area contributed by atoms with Crippen molar-refractivity contribution in [2.24, 2.45) is 5.73 Å². The topological polar surface area (TPSA) is 71.1 Å². The maximum absolute atomic E-state index is 7.41. The van der Waals surface area contributed by atoms with E-state index in [4.69, 9.17) is 15.9 Å². The molecule has 1 heterocycles. The van der Waals surface area contributed by atoms with E-state index in [0.717, 1.165) is 49.4 Å². The van der Waals surface area contributed by atoms with Crippen molar-refractivity contribution in [1.82, 2.24) is 5.32 Å². The Bertz CT molecular complexity index is 602. The number of ether oxygens (including phenoxy) is 1. The minimum atomic E-state index is 0.154. The molecule has 0 saturated heterocycles. The first-order valence-corrected chi connectivity index (χ1v) is 6.97.